The Labute approximate surface area is 90.9 Å². The number of alkyl halides is 1. The van der Waals surface area contributed by atoms with Crippen LogP contribution in [0.15, 0.2) is 17.5 Å². The van der Waals surface area contributed by atoms with Gasteiger partial charge in [0.1, 0.15) is 0 Å². The van der Waals surface area contributed by atoms with Crippen molar-refractivity contribution in [3.05, 3.63) is 28.6 Å². The number of anilines is 1. The molecule has 0 aliphatic carbocycles. The minimum Gasteiger partial charge on any atom is -0.397 e. The molecule has 1 aromatic carbocycles. The van der Waals surface area contributed by atoms with Gasteiger partial charge in [-0.1, -0.05) is 12.1 Å². The average molecular weight is 228 g/mol. The fraction of sp³-hybridized carbons (Fsp3) is 0.200. The maximum atomic E-state index is 9.08. The van der Waals surface area contributed by atoms with Crippen LogP contribution < -0.4 is 5.73 Å². The summed E-state index contributed by atoms with van der Waals surface area (Å²) >= 11 is 7.30. The summed E-state index contributed by atoms with van der Waals surface area (Å²) in [4.78, 5) is 0. The largest absolute Gasteiger partial charge is 0.397 e. The van der Waals surface area contributed by atoms with E-state index in [4.69, 9.17) is 22.4 Å². The Bertz CT molecular complexity index is 466. The van der Waals surface area contributed by atoms with Gasteiger partial charge < -0.3 is 10.8 Å². The van der Waals surface area contributed by atoms with Crippen LogP contribution in [0.3, 0.4) is 0 Å². The average Bonchev–Trinajstić information content (AvgIpc) is 2.62. The van der Waals surface area contributed by atoms with Gasteiger partial charge in [0.05, 0.1) is 17.0 Å². The van der Waals surface area contributed by atoms with Gasteiger partial charge in [0.25, 0.3) is 0 Å². The molecule has 14 heavy (non-hydrogen) atoms. The lowest BCUT2D eigenvalue weighted by atomic mass is 10.1. The van der Waals surface area contributed by atoms with Gasteiger partial charge in [-0.2, -0.15) is 0 Å². The van der Waals surface area contributed by atoms with Gasteiger partial charge in [-0.15, -0.1) is 22.9 Å². The molecule has 2 rings (SSSR count). The van der Waals surface area contributed by atoms with Crippen LogP contribution in [0.25, 0.3) is 10.1 Å². The van der Waals surface area contributed by atoms with Crippen molar-refractivity contribution in [2.24, 2.45) is 0 Å². The van der Waals surface area contributed by atoms with E-state index < -0.39 is 0 Å². The summed E-state index contributed by atoms with van der Waals surface area (Å²) in [5, 5.41) is 12.0. The highest BCUT2D eigenvalue weighted by Crippen LogP contribution is 2.33. The van der Waals surface area contributed by atoms with Crippen molar-refractivity contribution >= 4 is 38.7 Å². The lowest BCUT2D eigenvalue weighted by molar-refractivity contribution is 0.284. The molecule has 0 saturated carbocycles. The zero-order chi connectivity index (χ0) is 10.1. The summed E-state index contributed by atoms with van der Waals surface area (Å²) in [6.07, 6.45) is 0. The molecule has 0 aliphatic heterocycles. The molecule has 74 valence electrons. The number of nitrogen functional groups attached to an aromatic ring is 1. The van der Waals surface area contributed by atoms with E-state index in [-0.39, 0.29) is 6.61 Å². The van der Waals surface area contributed by atoms with Crippen LogP contribution in [-0.2, 0) is 12.5 Å². The monoisotopic (exact) mass is 227 g/mol. The van der Waals surface area contributed by atoms with Gasteiger partial charge >= 0.3 is 0 Å². The van der Waals surface area contributed by atoms with Crippen LogP contribution in [0.2, 0.25) is 0 Å². The van der Waals surface area contributed by atoms with Gasteiger partial charge in [-0.05, 0) is 16.5 Å². The van der Waals surface area contributed by atoms with Crippen LogP contribution in [-0.4, -0.2) is 5.11 Å². The zero-order valence-electron chi connectivity index (χ0n) is 7.46. The van der Waals surface area contributed by atoms with Crippen LogP contribution in [0.1, 0.15) is 11.1 Å². The maximum Gasteiger partial charge on any atom is 0.0696 e. The lowest BCUT2D eigenvalue weighted by Gasteiger charge is -2.03. The van der Waals surface area contributed by atoms with E-state index in [2.05, 4.69) is 0 Å². The third-order valence-corrected chi connectivity index (χ3v) is 3.63. The third-order valence-electron chi connectivity index (χ3n) is 2.27. The number of hydrogen-bond acceptors (Lipinski definition) is 3. The molecule has 0 spiro atoms. The highest BCUT2D eigenvalue weighted by molar-refractivity contribution is 7.18. The molecule has 0 bridgehead atoms. The van der Waals surface area contributed by atoms with Crippen LogP contribution in [0.4, 0.5) is 5.69 Å². The summed E-state index contributed by atoms with van der Waals surface area (Å²) < 4.78 is 1.02. The summed E-state index contributed by atoms with van der Waals surface area (Å²) in [5.74, 6) is 0.425. The van der Waals surface area contributed by atoms with Gasteiger partial charge in [0.15, 0.2) is 0 Å². The molecule has 2 nitrogen and oxygen atoms in total. The number of nitrogens with two attached hydrogens (primary N) is 1. The SMILES string of the molecule is Nc1c(CCl)ccc2c(CO)csc12. The van der Waals surface area contributed by atoms with E-state index in [1.165, 1.54) is 0 Å². The number of rotatable bonds is 2. The molecule has 0 atom stereocenters. The second-order valence-electron chi connectivity index (χ2n) is 3.07. The highest BCUT2D eigenvalue weighted by atomic mass is 35.5. The number of thiophene rings is 1. The Morgan fingerprint density at radius 2 is 2.14 bits per heavy atom. The molecule has 0 radical (unpaired) electrons. The van der Waals surface area contributed by atoms with E-state index in [0.717, 1.165) is 26.9 Å². The predicted molar refractivity (Wildman–Crippen MR) is 61.7 cm³/mol. The van der Waals surface area contributed by atoms with Crippen LogP contribution in [0.5, 0.6) is 0 Å². The predicted octanol–water partition coefficient (Wildman–Crippen LogP) is 2.71. The Balaban J connectivity index is 2.72. The zero-order valence-corrected chi connectivity index (χ0v) is 9.03. The van der Waals surface area contributed by atoms with Gasteiger partial charge in [-0.25, -0.2) is 0 Å². The number of benzene rings is 1. The number of hydrogen-bond donors (Lipinski definition) is 2. The number of fused-ring (bicyclic) bond motifs is 1. The smallest absolute Gasteiger partial charge is 0.0696 e. The second kappa shape index (κ2) is 3.77. The van der Waals surface area contributed by atoms with Crippen LogP contribution in [0, 0.1) is 0 Å². The Kier molecular flexibility index (Phi) is 2.63. The fourth-order valence-corrected chi connectivity index (χ4v) is 2.73. The van der Waals surface area contributed by atoms with E-state index in [1.54, 1.807) is 11.3 Å². The molecule has 0 amide bonds. The fourth-order valence-electron chi connectivity index (χ4n) is 1.45. The molecule has 1 aromatic heterocycles. The van der Waals surface area contributed by atoms with E-state index in [9.17, 15) is 0 Å². The molecule has 1 heterocycles. The summed E-state index contributed by atoms with van der Waals surface area (Å²) in [6, 6.07) is 3.88. The first-order valence-electron chi connectivity index (χ1n) is 4.22. The molecule has 0 unspecified atom stereocenters. The van der Waals surface area contributed by atoms with Gasteiger partial charge in [0.2, 0.25) is 0 Å². The van der Waals surface area contributed by atoms with Crippen molar-refractivity contribution in [3.8, 4) is 0 Å². The maximum absolute atomic E-state index is 9.08. The van der Waals surface area contributed by atoms with Crippen molar-refractivity contribution in [2.45, 2.75) is 12.5 Å². The molecule has 2 aromatic rings. The van der Waals surface area contributed by atoms with Crippen molar-refractivity contribution in [2.75, 3.05) is 5.73 Å². The van der Waals surface area contributed by atoms with Crippen LogP contribution >= 0.6 is 22.9 Å². The normalized spacial score (nSPS) is 11.0. The molecule has 0 fully saturated rings. The topological polar surface area (TPSA) is 46.2 Å². The Morgan fingerprint density at radius 1 is 1.36 bits per heavy atom. The Morgan fingerprint density at radius 3 is 2.79 bits per heavy atom. The summed E-state index contributed by atoms with van der Waals surface area (Å²) in [6.45, 7) is 0.0552. The van der Waals surface area contributed by atoms with Crippen molar-refractivity contribution < 1.29 is 5.11 Å². The molecule has 3 N–H and O–H groups in total. The number of aliphatic hydroxyl groups is 1. The lowest BCUT2D eigenvalue weighted by Crippen LogP contribution is -1.91. The van der Waals surface area contributed by atoms with E-state index in [1.807, 2.05) is 17.5 Å². The summed E-state index contributed by atoms with van der Waals surface area (Å²) in [5.41, 5.74) is 8.56. The number of halogens is 1. The molecular weight excluding hydrogens is 218 g/mol. The standard InChI is InChI=1S/C10H10ClNOS/c11-3-6-1-2-8-7(4-13)5-14-10(8)9(6)12/h1-2,5,13H,3-4,12H2. The quantitative estimate of drug-likeness (QED) is 0.612. The minimum absolute atomic E-state index is 0.0552. The molecule has 0 aliphatic rings. The van der Waals surface area contributed by atoms with Crippen molar-refractivity contribution in [3.63, 3.8) is 0 Å². The molecule has 4 heteroatoms. The van der Waals surface area contributed by atoms with Crippen molar-refractivity contribution in [1.82, 2.24) is 0 Å². The molecular formula is C10H10ClNOS. The summed E-state index contributed by atoms with van der Waals surface area (Å²) in [7, 11) is 0. The first kappa shape index (κ1) is 9.77. The van der Waals surface area contributed by atoms with E-state index >= 15 is 0 Å². The first-order chi connectivity index (χ1) is 6.77. The van der Waals surface area contributed by atoms with Gasteiger partial charge in [0, 0.05) is 11.3 Å². The number of aliphatic hydroxyl groups excluding tert-OH is 1. The van der Waals surface area contributed by atoms with Gasteiger partial charge in [-0.3, -0.25) is 0 Å². The van der Waals surface area contributed by atoms with E-state index in [0.29, 0.717) is 5.88 Å². The minimum atomic E-state index is 0.0552. The molecule has 0 saturated heterocycles. The van der Waals surface area contributed by atoms with Crippen molar-refractivity contribution in [1.29, 1.82) is 0 Å². The Hall–Kier alpha value is -0.770. The third kappa shape index (κ3) is 1.38. The highest BCUT2D eigenvalue weighted by Gasteiger charge is 2.08. The first-order valence-corrected chi connectivity index (χ1v) is 5.63. The second-order valence-corrected chi connectivity index (χ2v) is 4.21.